The maximum atomic E-state index is 12.4. The zero-order valence-electron chi connectivity index (χ0n) is 12.9. The lowest BCUT2D eigenvalue weighted by molar-refractivity contribution is -0.153. The predicted molar refractivity (Wildman–Crippen MR) is 107 cm³/mol. The molecule has 6 nitrogen and oxygen atoms in total. The lowest BCUT2D eigenvalue weighted by Gasteiger charge is -2.26. The van der Waals surface area contributed by atoms with Crippen molar-refractivity contribution < 1.29 is 33.2 Å². The van der Waals surface area contributed by atoms with Gasteiger partial charge in [0.25, 0.3) is 0 Å². The van der Waals surface area contributed by atoms with Crippen LogP contribution in [0.15, 0.2) is 12.1 Å². The van der Waals surface area contributed by atoms with Gasteiger partial charge in [-0.05, 0) is 57.3 Å². The molecule has 0 spiro atoms. The van der Waals surface area contributed by atoms with Crippen molar-refractivity contribution in [2.45, 2.75) is 11.8 Å². The fourth-order valence-corrected chi connectivity index (χ4v) is 3.97. The second-order valence-electron chi connectivity index (χ2n) is 5.16. The highest BCUT2D eigenvalue weighted by Gasteiger charge is 2.37. The Morgan fingerprint density at radius 1 is 1.04 bits per heavy atom. The SMILES string of the molecule is OCC(O)(c1cc(I)c(O)c(Cl)n1)c1cc(I)c(OCC(F)(F)F)c(Cl)n1. The molecule has 2 aromatic rings. The van der Waals surface area contributed by atoms with E-state index in [1.807, 2.05) is 0 Å². The van der Waals surface area contributed by atoms with Crippen molar-refractivity contribution >= 4 is 68.4 Å². The van der Waals surface area contributed by atoms with Gasteiger partial charge in [0.2, 0.25) is 0 Å². The van der Waals surface area contributed by atoms with Gasteiger partial charge >= 0.3 is 6.18 Å². The molecule has 3 N–H and O–H groups in total. The van der Waals surface area contributed by atoms with E-state index in [0.717, 1.165) is 0 Å². The van der Waals surface area contributed by atoms with Crippen molar-refractivity contribution in [1.82, 2.24) is 9.97 Å². The van der Waals surface area contributed by atoms with Crippen LogP contribution in [0.3, 0.4) is 0 Å². The van der Waals surface area contributed by atoms with Crippen LogP contribution in [-0.4, -0.2) is 44.7 Å². The molecule has 0 radical (unpaired) electrons. The van der Waals surface area contributed by atoms with Crippen LogP contribution in [0, 0.1) is 7.14 Å². The molecule has 1 unspecified atom stereocenters. The van der Waals surface area contributed by atoms with Crippen molar-refractivity contribution in [2.75, 3.05) is 13.2 Å². The van der Waals surface area contributed by atoms with Gasteiger partial charge in [0, 0.05) is 0 Å². The summed E-state index contributed by atoms with van der Waals surface area (Å²) >= 11 is 15.1. The van der Waals surface area contributed by atoms with Crippen molar-refractivity contribution in [3.8, 4) is 11.5 Å². The Labute approximate surface area is 188 Å². The average molecular weight is 651 g/mol. The summed E-state index contributed by atoms with van der Waals surface area (Å²) in [7, 11) is 0. The number of aromatic nitrogens is 2. The molecular formula is C14H9Cl2F3I2N2O4. The predicted octanol–water partition coefficient (Wildman–Crippen LogP) is 3.87. The monoisotopic (exact) mass is 650 g/mol. The van der Waals surface area contributed by atoms with Gasteiger partial charge in [-0.3, -0.25) is 0 Å². The van der Waals surface area contributed by atoms with Gasteiger partial charge in [-0.15, -0.1) is 0 Å². The quantitative estimate of drug-likeness (QED) is 0.336. The highest BCUT2D eigenvalue weighted by molar-refractivity contribution is 14.1. The molecule has 0 aliphatic heterocycles. The fraction of sp³-hybridized carbons (Fsp3) is 0.286. The van der Waals surface area contributed by atoms with Crippen LogP contribution in [0.1, 0.15) is 11.4 Å². The molecule has 2 heterocycles. The Hall–Kier alpha value is -0.350. The molecular weight excluding hydrogens is 642 g/mol. The molecule has 0 saturated carbocycles. The van der Waals surface area contributed by atoms with E-state index in [2.05, 4.69) is 14.7 Å². The molecule has 0 aliphatic carbocycles. The van der Waals surface area contributed by atoms with E-state index < -0.39 is 30.1 Å². The molecule has 148 valence electrons. The highest BCUT2D eigenvalue weighted by atomic mass is 127. The standard InChI is InChI=1S/C14H9Cl2F3I2N2O4/c15-11-9(25)5(20)1-7(22-11)13(26,3-24)8-2-6(21)10(12(16)23-8)27-4-14(17,18)19/h1-2,24-26H,3-4H2. The Balaban J connectivity index is 2.51. The van der Waals surface area contributed by atoms with Crippen LogP contribution in [0.4, 0.5) is 13.2 Å². The van der Waals surface area contributed by atoms with E-state index in [4.69, 9.17) is 23.2 Å². The zero-order valence-corrected chi connectivity index (χ0v) is 18.7. The maximum absolute atomic E-state index is 12.4. The van der Waals surface area contributed by atoms with E-state index in [1.54, 1.807) is 45.2 Å². The van der Waals surface area contributed by atoms with E-state index in [-0.39, 0.29) is 35.2 Å². The summed E-state index contributed by atoms with van der Waals surface area (Å²) in [5.74, 6) is -0.623. The highest BCUT2D eigenvalue weighted by Crippen LogP contribution is 2.37. The lowest BCUT2D eigenvalue weighted by atomic mass is 9.95. The Morgan fingerprint density at radius 3 is 2.00 bits per heavy atom. The normalized spacial score (nSPS) is 14.1. The zero-order chi connectivity index (χ0) is 20.6. The lowest BCUT2D eigenvalue weighted by Crippen LogP contribution is -2.34. The Bertz CT molecular complexity index is 827. The van der Waals surface area contributed by atoms with Gasteiger partial charge in [0.15, 0.2) is 34.0 Å². The van der Waals surface area contributed by atoms with Crippen molar-refractivity contribution in [1.29, 1.82) is 0 Å². The summed E-state index contributed by atoms with van der Waals surface area (Å²) in [5.41, 5.74) is -2.51. The summed E-state index contributed by atoms with van der Waals surface area (Å²) < 4.78 is 42.1. The summed E-state index contributed by atoms with van der Waals surface area (Å²) in [4.78, 5) is 7.68. The third-order valence-corrected chi connectivity index (χ3v) is 5.39. The number of aliphatic hydroxyl groups excluding tert-OH is 1. The van der Waals surface area contributed by atoms with E-state index in [9.17, 15) is 28.5 Å². The largest absolute Gasteiger partial charge is 0.504 e. The molecule has 2 aromatic heterocycles. The molecule has 0 fully saturated rings. The molecule has 0 aromatic carbocycles. The average Bonchev–Trinajstić information content (AvgIpc) is 2.56. The number of aromatic hydroxyl groups is 1. The number of hydrogen-bond acceptors (Lipinski definition) is 6. The van der Waals surface area contributed by atoms with E-state index in [1.165, 1.54) is 12.1 Å². The number of hydrogen-bond donors (Lipinski definition) is 3. The third-order valence-electron chi connectivity index (χ3n) is 3.25. The number of alkyl halides is 3. The van der Waals surface area contributed by atoms with Crippen molar-refractivity contribution in [3.05, 3.63) is 41.0 Å². The number of aliphatic hydroxyl groups is 2. The Morgan fingerprint density at radius 2 is 1.56 bits per heavy atom. The third kappa shape index (κ3) is 5.18. The topological polar surface area (TPSA) is 95.7 Å². The molecule has 0 saturated heterocycles. The van der Waals surface area contributed by atoms with Gasteiger partial charge in [0.05, 0.1) is 25.1 Å². The second kappa shape index (κ2) is 8.57. The molecule has 13 heteroatoms. The number of nitrogens with zero attached hydrogens (tertiary/aromatic N) is 2. The van der Waals surface area contributed by atoms with Crippen molar-refractivity contribution in [3.63, 3.8) is 0 Å². The molecule has 27 heavy (non-hydrogen) atoms. The summed E-state index contributed by atoms with van der Waals surface area (Å²) in [6, 6.07) is 2.47. The first kappa shape index (κ1) is 22.9. The first-order valence-corrected chi connectivity index (χ1v) is 9.75. The summed E-state index contributed by atoms with van der Waals surface area (Å²) in [6.45, 7) is -2.46. The minimum absolute atomic E-state index is 0.123. The summed E-state index contributed by atoms with van der Waals surface area (Å²) in [6.07, 6.45) is -4.57. The van der Waals surface area contributed by atoms with Crippen LogP contribution in [0.25, 0.3) is 0 Å². The van der Waals surface area contributed by atoms with Gasteiger partial charge in [-0.25, -0.2) is 9.97 Å². The van der Waals surface area contributed by atoms with Gasteiger partial charge < -0.3 is 20.1 Å². The molecule has 0 bridgehead atoms. The van der Waals surface area contributed by atoms with E-state index in [0.29, 0.717) is 0 Å². The van der Waals surface area contributed by atoms with Gasteiger partial charge in [-0.1, -0.05) is 23.2 Å². The number of ether oxygens (including phenoxy) is 1. The minimum atomic E-state index is -4.57. The smallest absolute Gasteiger partial charge is 0.422 e. The van der Waals surface area contributed by atoms with Gasteiger partial charge in [0.1, 0.15) is 0 Å². The molecule has 1 atom stereocenters. The molecule has 2 rings (SSSR count). The molecule has 0 amide bonds. The van der Waals surface area contributed by atoms with Crippen LogP contribution in [-0.2, 0) is 5.60 Å². The number of pyridine rings is 2. The van der Waals surface area contributed by atoms with Gasteiger partial charge in [-0.2, -0.15) is 13.2 Å². The van der Waals surface area contributed by atoms with Crippen LogP contribution in [0.2, 0.25) is 10.3 Å². The minimum Gasteiger partial charge on any atom is -0.504 e. The first-order chi connectivity index (χ1) is 12.4. The van der Waals surface area contributed by atoms with Crippen LogP contribution in [0.5, 0.6) is 11.5 Å². The van der Waals surface area contributed by atoms with Crippen LogP contribution >= 0.6 is 68.4 Å². The van der Waals surface area contributed by atoms with Crippen molar-refractivity contribution in [2.24, 2.45) is 0 Å². The van der Waals surface area contributed by atoms with E-state index >= 15 is 0 Å². The number of halogens is 7. The maximum Gasteiger partial charge on any atom is 0.422 e. The fourth-order valence-electron chi connectivity index (χ4n) is 1.95. The Kier molecular flexibility index (Phi) is 7.28. The molecule has 0 aliphatic rings. The number of rotatable bonds is 5. The second-order valence-corrected chi connectivity index (χ2v) is 8.20. The summed E-state index contributed by atoms with van der Waals surface area (Å²) in [5, 5.41) is 29.6. The van der Waals surface area contributed by atoms with Crippen LogP contribution < -0.4 is 4.74 Å². The first-order valence-electron chi connectivity index (χ1n) is 6.84.